The molecule has 0 unspecified atom stereocenters. The van der Waals surface area contributed by atoms with Gasteiger partial charge in [0.05, 0.1) is 5.69 Å². The monoisotopic (exact) mass is 398 g/mol. The maximum Gasteiger partial charge on any atom is 0.221 e. The number of aromatic nitrogens is 2. The molecular weight excluding hydrogens is 364 g/mol. The summed E-state index contributed by atoms with van der Waals surface area (Å²) in [5, 5.41) is 6.38. The molecule has 2 aromatic heterocycles. The molecule has 29 heavy (non-hydrogen) atoms. The zero-order valence-corrected chi connectivity index (χ0v) is 17.7. The van der Waals surface area contributed by atoms with Crippen LogP contribution in [0.4, 0.5) is 5.82 Å². The summed E-state index contributed by atoms with van der Waals surface area (Å²) in [5.41, 5.74) is 2.82. The third-order valence-electron chi connectivity index (χ3n) is 4.85. The van der Waals surface area contributed by atoms with Gasteiger partial charge in [-0.3, -0.25) is 14.0 Å². The molecule has 2 aromatic rings. The molecule has 0 spiro atoms. The Balaban J connectivity index is 2.10. The second-order valence-corrected chi connectivity index (χ2v) is 7.28. The third-order valence-corrected chi connectivity index (χ3v) is 4.85. The fourth-order valence-corrected chi connectivity index (χ4v) is 3.23. The molecule has 0 aliphatic rings. The van der Waals surface area contributed by atoms with Gasteiger partial charge in [0.25, 0.3) is 0 Å². The van der Waals surface area contributed by atoms with Gasteiger partial charge in [0.1, 0.15) is 17.8 Å². The Morgan fingerprint density at radius 3 is 2.72 bits per heavy atom. The van der Waals surface area contributed by atoms with Crippen LogP contribution in [0.5, 0.6) is 0 Å². The number of aldehydes is 1. The predicted molar refractivity (Wildman–Crippen MR) is 119 cm³/mol. The normalized spacial score (nSPS) is 11.2. The molecule has 0 saturated heterocycles. The Morgan fingerprint density at radius 2 is 1.97 bits per heavy atom. The summed E-state index contributed by atoms with van der Waals surface area (Å²) in [6.45, 7) is 5.63. The second-order valence-electron chi connectivity index (χ2n) is 7.28. The van der Waals surface area contributed by atoms with E-state index < -0.39 is 0 Å². The van der Waals surface area contributed by atoms with Crippen molar-refractivity contribution in [2.24, 2.45) is 0 Å². The van der Waals surface area contributed by atoms with Gasteiger partial charge in [0.15, 0.2) is 0 Å². The van der Waals surface area contributed by atoms with Crippen molar-refractivity contribution in [1.82, 2.24) is 14.7 Å². The summed E-state index contributed by atoms with van der Waals surface area (Å²) in [6.07, 6.45) is 14.1. The van der Waals surface area contributed by atoms with Gasteiger partial charge in [-0.2, -0.15) is 0 Å². The minimum Gasteiger partial charge on any atom is -0.369 e. The van der Waals surface area contributed by atoms with Crippen LogP contribution in [0, 0.1) is 0 Å². The lowest BCUT2D eigenvalue weighted by atomic mass is 10.1. The third kappa shape index (κ3) is 7.37. The number of hydrogen-bond donors (Lipinski definition) is 2. The number of rotatable bonds is 14. The first-order chi connectivity index (χ1) is 14.2. The van der Waals surface area contributed by atoms with E-state index in [2.05, 4.69) is 24.5 Å². The second kappa shape index (κ2) is 12.8. The number of amides is 1. The van der Waals surface area contributed by atoms with Gasteiger partial charge in [-0.05, 0) is 43.0 Å². The highest BCUT2D eigenvalue weighted by Crippen LogP contribution is 2.22. The van der Waals surface area contributed by atoms with E-state index in [1.807, 2.05) is 22.7 Å². The molecule has 0 saturated carbocycles. The molecule has 0 aliphatic carbocycles. The molecule has 2 N–H and O–H groups in total. The van der Waals surface area contributed by atoms with Crippen molar-refractivity contribution in [3.63, 3.8) is 0 Å². The van der Waals surface area contributed by atoms with E-state index in [4.69, 9.17) is 4.98 Å². The standard InChI is InChI=1S/C23H34N4O2/c1-3-5-7-8-11-20-23(25-15-12-22(29)24-14-6-4-2)27-16-13-19(10-9-17-28)18-21(27)26-20/h9-10,13,16-18,25H,3-8,11-12,14-15H2,1-2H3,(H,24,29). The van der Waals surface area contributed by atoms with E-state index in [0.717, 1.165) is 61.2 Å². The van der Waals surface area contributed by atoms with Crippen LogP contribution in [0.3, 0.4) is 0 Å². The Hall–Kier alpha value is -2.63. The number of unbranched alkanes of at least 4 members (excludes halogenated alkanes) is 4. The maximum atomic E-state index is 12.0. The molecule has 0 fully saturated rings. The van der Waals surface area contributed by atoms with Gasteiger partial charge in [0, 0.05) is 25.7 Å². The van der Waals surface area contributed by atoms with Crippen LogP contribution >= 0.6 is 0 Å². The summed E-state index contributed by atoms with van der Waals surface area (Å²) in [6, 6.07) is 3.93. The number of nitrogens with zero attached hydrogens (tertiary/aromatic N) is 2. The summed E-state index contributed by atoms with van der Waals surface area (Å²) in [4.78, 5) is 27.4. The number of imidazole rings is 1. The number of pyridine rings is 1. The molecule has 0 aromatic carbocycles. The highest BCUT2D eigenvalue weighted by atomic mass is 16.1. The zero-order chi connectivity index (χ0) is 20.9. The molecule has 6 heteroatoms. The van der Waals surface area contributed by atoms with Gasteiger partial charge >= 0.3 is 0 Å². The first-order valence-corrected chi connectivity index (χ1v) is 10.8. The molecule has 6 nitrogen and oxygen atoms in total. The summed E-state index contributed by atoms with van der Waals surface area (Å²) in [5.74, 6) is 1.04. The van der Waals surface area contributed by atoms with Crippen molar-refractivity contribution in [1.29, 1.82) is 0 Å². The van der Waals surface area contributed by atoms with Crippen molar-refractivity contribution in [2.45, 2.75) is 65.2 Å². The number of hydrogen-bond acceptors (Lipinski definition) is 4. The largest absolute Gasteiger partial charge is 0.369 e. The van der Waals surface area contributed by atoms with Crippen LogP contribution in [0.2, 0.25) is 0 Å². The minimum atomic E-state index is 0.0746. The van der Waals surface area contributed by atoms with Crippen molar-refractivity contribution >= 4 is 29.7 Å². The first kappa shape index (κ1) is 22.7. The van der Waals surface area contributed by atoms with Gasteiger partial charge in [0.2, 0.25) is 5.91 Å². The van der Waals surface area contributed by atoms with Crippen LogP contribution < -0.4 is 10.6 Å². The summed E-state index contributed by atoms with van der Waals surface area (Å²) in [7, 11) is 0. The highest BCUT2D eigenvalue weighted by Gasteiger charge is 2.12. The van der Waals surface area contributed by atoms with Crippen LogP contribution in [-0.4, -0.2) is 34.7 Å². The number of fused-ring (bicyclic) bond motifs is 1. The lowest BCUT2D eigenvalue weighted by Gasteiger charge is -2.09. The number of nitrogens with one attached hydrogen (secondary N) is 2. The number of carbonyl (C=O) groups is 2. The Morgan fingerprint density at radius 1 is 1.14 bits per heavy atom. The molecule has 2 heterocycles. The van der Waals surface area contributed by atoms with Crippen molar-refractivity contribution in [2.75, 3.05) is 18.4 Å². The predicted octanol–water partition coefficient (Wildman–Crippen LogP) is 4.39. The smallest absolute Gasteiger partial charge is 0.221 e. The van der Waals surface area contributed by atoms with Crippen LogP contribution in [0.1, 0.15) is 70.1 Å². The Labute approximate surface area is 173 Å². The van der Waals surface area contributed by atoms with Gasteiger partial charge in [-0.1, -0.05) is 45.6 Å². The molecule has 1 amide bonds. The average molecular weight is 399 g/mol. The fraction of sp³-hybridized carbons (Fsp3) is 0.522. The molecule has 0 atom stereocenters. The molecule has 0 aliphatic heterocycles. The van der Waals surface area contributed by atoms with Crippen LogP contribution in [-0.2, 0) is 16.0 Å². The number of carbonyl (C=O) groups excluding carboxylic acids is 2. The number of aryl methyl sites for hydroxylation is 1. The van der Waals surface area contributed by atoms with Gasteiger partial charge < -0.3 is 10.6 Å². The molecule has 158 valence electrons. The minimum absolute atomic E-state index is 0.0746. The number of allylic oxidation sites excluding steroid dienone is 1. The van der Waals surface area contributed by atoms with E-state index in [-0.39, 0.29) is 5.91 Å². The van der Waals surface area contributed by atoms with E-state index in [0.29, 0.717) is 13.0 Å². The molecule has 0 bridgehead atoms. The summed E-state index contributed by atoms with van der Waals surface area (Å²) >= 11 is 0. The van der Waals surface area contributed by atoms with E-state index >= 15 is 0 Å². The summed E-state index contributed by atoms with van der Waals surface area (Å²) < 4.78 is 2.03. The lowest BCUT2D eigenvalue weighted by molar-refractivity contribution is -0.120. The van der Waals surface area contributed by atoms with E-state index in [9.17, 15) is 9.59 Å². The Bertz CT molecular complexity index is 811. The lowest BCUT2D eigenvalue weighted by Crippen LogP contribution is -2.26. The SMILES string of the molecule is CCCCCCc1nc2cc(C=CC=O)ccn2c1NCCC(=O)NCCCC. The average Bonchev–Trinajstić information content (AvgIpc) is 3.06. The number of anilines is 1. The van der Waals surface area contributed by atoms with Crippen LogP contribution in [0.15, 0.2) is 24.4 Å². The van der Waals surface area contributed by atoms with E-state index in [1.165, 1.54) is 25.3 Å². The van der Waals surface area contributed by atoms with Gasteiger partial charge in [-0.25, -0.2) is 4.98 Å². The van der Waals surface area contributed by atoms with Crippen molar-refractivity contribution in [3.05, 3.63) is 35.7 Å². The Kier molecular flexibility index (Phi) is 9.96. The van der Waals surface area contributed by atoms with Gasteiger partial charge in [-0.15, -0.1) is 0 Å². The maximum absolute atomic E-state index is 12.0. The van der Waals surface area contributed by atoms with Crippen molar-refractivity contribution < 1.29 is 9.59 Å². The first-order valence-electron chi connectivity index (χ1n) is 10.8. The molecule has 2 rings (SSSR count). The van der Waals surface area contributed by atoms with Crippen molar-refractivity contribution in [3.8, 4) is 0 Å². The van der Waals surface area contributed by atoms with Crippen LogP contribution in [0.25, 0.3) is 11.7 Å². The quantitative estimate of drug-likeness (QED) is 0.281. The fourth-order valence-electron chi connectivity index (χ4n) is 3.23. The van der Waals surface area contributed by atoms with E-state index in [1.54, 1.807) is 6.08 Å². The molecule has 0 radical (unpaired) electrons. The topological polar surface area (TPSA) is 75.5 Å². The highest BCUT2D eigenvalue weighted by molar-refractivity contribution is 5.76. The zero-order valence-electron chi connectivity index (χ0n) is 17.7. The molecular formula is C23H34N4O2.